The smallest absolute Gasteiger partial charge is 0.417 e. The maximum atomic E-state index is 13.2. The number of rotatable bonds is 3. The minimum Gasteiger partial charge on any atom is -0.507 e. The maximum Gasteiger partial charge on any atom is 0.417 e. The van der Waals surface area contributed by atoms with E-state index in [4.69, 9.17) is 0 Å². The number of hydrogen-bond acceptors (Lipinski definition) is 2. The molecule has 180 valence electrons. The third-order valence-corrected chi connectivity index (χ3v) is 4.11. The van der Waals surface area contributed by atoms with Crippen LogP contribution in [0.1, 0.15) is 38.2 Å². The lowest BCUT2D eigenvalue weighted by atomic mass is 9.97. The van der Waals surface area contributed by atoms with Gasteiger partial charge in [-0.2, -0.15) is 52.7 Å². The normalized spacial score (nSPS) is 13.9. The summed E-state index contributed by atoms with van der Waals surface area (Å²) >= 11 is 0. The average Bonchev–Trinajstić information content (AvgIpc) is 2.64. The van der Waals surface area contributed by atoms with Crippen molar-refractivity contribution in [2.75, 3.05) is 0 Å². The molecular weight excluding hydrogens is 488 g/mol. The molecule has 0 radical (unpaired) electrons. The van der Waals surface area contributed by atoms with Gasteiger partial charge < -0.3 is 5.11 Å². The van der Waals surface area contributed by atoms with Crippen LogP contribution in [0.2, 0.25) is 0 Å². The summed E-state index contributed by atoms with van der Waals surface area (Å²) in [6, 6.07) is -0.317. The van der Waals surface area contributed by atoms with Crippen molar-refractivity contribution < 1.29 is 62.6 Å². The van der Waals surface area contributed by atoms with Crippen molar-refractivity contribution in [3.63, 3.8) is 0 Å². The van der Waals surface area contributed by atoms with Gasteiger partial charge in [-0.3, -0.25) is 4.79 Å². The van der Waals surface area contributed by atoms with Gasteiger partial charge in [0.2, 0.25) is 0 Å². The minimum absolute atomic E-state index is 0.104. The second-order valence-corrected chi connectivity index (χ2v) is 6.41. The fraction of sp³-hybridized carbons (Fsp3) is 0.211. The first-order valence-electron chi connectivity index (χ1n) is 8.25. The van der Waals surface area contributed by atoms with E-state index >= 15 is 0 Å². The molecule has 0 saturated heterocycles. The predicted octanol–water partition coefficient (Wildman–Crippen LogP) is 7.54. The largest absolute Gasteiger partial charge is 0.507 e. The molecule has 2 nitrogen and oxygen atoms in total. The molecule has 0 aliphatic heterocycles. The van der Waals surface area contributed by atoms with Crippen molar-refractivity contribution in [1.29, 1.82) is 0 Å². The highest BCUT2D eigenvalue weighted by Crippen LogP contribution is 2.40. The molecule has 0 spiro atoms. The highest BCUT2D eigenvalue weighted by Gasteiger charge is 2.40. The lowest BCUT2D eigenvalue weighted by molar-refractivity contribution is -0.144. The number of ketones is 1. The van der Waals surface area contributed by atoms with Gasteiger partial charge in [0.05, 0.1) is 22.3 Å². The van der Waals surface area contributed by atoms with Crippen molar-refractivity contribution >= 4 is 11.5 Å². The Morgan fingerprint density at radius 3 is 1.33 bits per heavy atom. The maximum absolute atomic E-state index is 13.2. The van der Waals surface area contributed by atoms with E-state index in [0.717, 1.165) is 0 Å². The SMILES string of the molecule is O=C(/C=C(\O)c1ccc(C(F)(F)F)cc1C(F)(F)F)c1ccc(C(F)(F)F)cc1C(F)(F)F. The molecule has 0 aromatic heterocycles. The monoisotopic (exact) mass is 496 g/mol. The van der Waals surface area contributed by atoms with Crippen LogP contribution in [0.15, 0.2) is 42.5 Å². The molecule has 0 bridgehead atoms. The molecule has 1 N–H and O–H groups in total. The van der Waals surface area contributed by atoms with Crippen LogP contribution >= 0.6 is 0 Å². The Morgan fingerprint density at radius 1 is 0.606 bits per heavy atom. The summed E-state index contributed by atoms with van der Waals surface area (Å²) in [5, 5.41) is 9.87. The number of aliphatic hydroxyl groups is 1. The van der Waals surface area contributed by atoms with E-state index in [9.17, 15) is 62.6 Å². The molecule has 0 aliphatic carbocycles. The standard InChI is InChI=1S/C19H8F12O2/c20-16(21,22)8-1-3-10(12(5-8)18(26,27)28)14(32)7-15(33)11-4-2-9(17(23,24)25)6-13(11)19(29,30)31/h1-7,32H/b14-7-. The van der Waals surface area contributed by atoms with Crippen molar-refractivity contribution in [1.82, 2.24) is 0 Å². The number of allylic oxidation sites excluding steroid dienone is 1. The third-order valence-electron chi connectivity index (χ3n) is 4.11. The molecule has 0 unspecified atom stereocenters. The van der Waals surface area contributed by atoms with Crippen LogP contribution in [0, 0.1) is 0 Å². The van der Waals surface area contributed by atoms with E-state index in [-0.39, 0.29) is 36.4 Å². The van der Waals surface area contributed by atoms with E-state index in [0.29, 0.717) is 0 Å². The Balaban J connectivity index is 2.62. The molecule has 0 fully saturated rings. The van der Waals surface area contributed by atoms with Gasteiger partial charge in [-0.25, -0.2) is 0 Å². The van der Waals surface area contributed by atoms with E-state index in [1.54, 1.807) is 0 Å². The summed E-state index contributed by atoms with van der Waals surface area (Å²) < 4.78 is 155. The molecule has 2 rings (SSSR count). The molecule has 2 aromatic carbocycles. The molecule has 14 heteroatoms. The van der Waals surface area contributed by atoms with Crippen molar-refractivity contribution in [2.24, 2.45) is 0 Å². The zero-order valence-electron chi connectivity index (χ0n) is 15.4. The van der Waals surface area contributed by atoms with Gasteiger partial charge in [0.25, 0.3) is 0 Å². The van der Waals surface area contributed by atoms with E-state index in [2.05, 4.69) is 0 Å². The zero-order chi connectivity index (χ0) is 25.6. The fourth-order valence-corrected chi connectivity index (χ4v) is 2.63. The van der Waals surface area contributed by atoms with Crippen molar-refractivity contribution in [3.05, 3.63) is 75.9 Å². The summed E-state index contributed by atoms with van der Waals surface area (Å²) in [7, 11) is 0. The summed E-state index contributed by atoms with van der Waals surface area (Å²) in [6.07, 6.45) is -21.6. The molecule has 0 heterocycles. The first-order valence-corrected chi connectivity index (χ1v) is 8.25. The Morgan fingerprint density at radius 2 is 0.970 bits per heavy atom. The average molecular weight is 496 g/mol. The van der Waals surface area contributed by atoms with Crippen LogP contribution in [0.25, 0.3) is 5.76 Å². The van der Waals surface area contributed by atoms with Gasteiger partial charge in [0, 0.05) is 17.2 Å². The Bertz CT molecular complexity index is 1090. The van der Waals surface area contributed by atoms with E-state index in [1.807, 2.05) is 0 Å². The van der Waals surface area contributed by atoms with Gasteiger partial charge in [-0.1, -0.05) is 6.07 Å². The molecule has 33 heavy (non-hydrogen) atoms. The first-order chi connectivity index (χ1) is 14.7. The number of carbonyl (C=O) groups is 1. The molecule has 0 saturated carbocycles. The topological polar surface area (TPSA) is 37.3 Å². The minimum atomic E-state index is -5.50. The Hall–Kier alpha value is -3.19. The zero-order valence-corrected chi connectivity index (χ0v) is 15.4. The summed E-state index contributed by atoms with van der Waals surface area (Å²) in [4.78, 5) is 12.2. The van der Waals surface area contributed by atoms with Gasteiger partial charge >= 0.3 is 24.7 Å². The second kappa shape index (κ2) is 8.30. The van der Waals surface area contributed by atoms with Gasteiger partial charge in [0.15, 0.2) is 5.78 Å². The highest BCUT2D eigenvalue weighted by atomic mass is 19.4. The number of carbonyl (C=O) groups excluding carboxylic acids is 1. The summed E-state index contributed by atoms with van der Waals surface area (Å²) in [6.45, 7) is 0. The van der Waals surface area contributed by atoms with Gasteiger partial charge in [-0.05, 0) is 30.3 Å². The van der Waals surface area contributed by atoms with Crippen LogP contribution in [0.3, 0.4) is 0 Å². The van der Waals surface area contributed by atoms with Gasteiger partial charge in [0.1, 0.15) is 5.76 Å². The number of aliphatic hydroxyl groups excluding tert-OH is 1. The quantitative estimate of drug-likeness (QED) is 0.206. The number of benzene rings is 2. The number of alkyl halides is 12. The van der Waals surface area contributed by atoms with Crippen LogP contribution < -0.4 is 0 Å². The lowest BCUT2D eigenvalue weighted by Gasteiger charge is -2.16. The number of hydrogen-bond donors (Lipinski definition) is 1. The fourth-order valence-electron chi connectivity index (χ4n) is 2.63. The first kappa shape index (κ1) is 26.1. The molecule has 0 amide bonds. The number of halogens is 12. The van der Waals surface area contributed by atoms with Crippen LogP contribution in [0.4, 0.5) is 52.7 Å². The molecule has 0 atom stereocenters. The lowest BCUT2D eigenvalue weighted by Crippen LogP contribution is -2.16. The molecule has 0 aliphatic rings. The summed E-state index contributed by atoms with van der Waals surface area (Å²) in [5.74, 6) is -3.50. The van der Waals surface area contributed by atoms with Gasteiger partial charge in [-0.15, -0.1) is 0 Å². The summed E-state index contributed by atoms with van der Waals surface area (Å²) in [5.41, 5.74) is -10.5. The Labute approximate surface area is 175 Å². The molecule has 2 aromatic rings. The van der Waals surface area contributed by atoms with Crippen LogP contribution in [0.5, 0.6) is 0 Å². The van der Waals surface area contributed by atoms with E-state index < -0.39 is 75.7 Å². The van der Waals surface area contributed by atoms with Crippen LogP contribution in [-0.4, -0.2) is 10.9 Å². The third kappa shape index (κ3) is 5.99. The Kier molecular flexibility index (Phi) is 6.56. The van der Waals surface area contributed by atoms with Crippen molar-refractivity contribution in [2.45, 2.75) is 24.7 Å². The molecular formula is C19H8F12O2. The van der Waals surface area contributed by atoms with E-state index in [1.165, 1.54) is 0 Å². The predicted molar refractivity (Wildman–Crippen MR) is 87.8 cm³/mol. The van der Waals surface area contributed by atoms with Crippen LogP contribution in [-0.2, 0) is 24.7 Å². The second-order valence-electron chi connectivity index (χ2n) is 6.41. The highest BCUT2D eigenvalue weighted by molar-refractivity contribution is 6.09. The van der Waals surface area contributed by atoms with Crippen molar-refractivity contribution in [3.8, 4) is 0 Å².